The molecular weight excluding hydrogens is 622 g/mol. The summed E-state index contributed by atoms with van der Waals surface area (Å²) in [6.07, 6.45) is 5.37. The minimum atomic E-state index is -2.14. The highest BCUT2D eigenvalue weighted by Gasteiger charge is 2.37. The van der Waals surface area contributed by atoms with Gasteiger partial charge in [0.15, 0.2) is 5.60 Å². The molecule has 0 fully saturated rings. The lowest BCUT2D eigenvalue weighted by Crippen LogP contribution is -2.47. The Morgan fingerprint density at radius 1 is 0.979 bits per heavy atom. The normalized spacial score (nSPS) is 13.4. The number of carbonyl (C=O) groups excluding carboxylic acids is 3. The fourth-order valence-corrected chi connectivity index (χ4v) is 5.06. The first-order chi connectivity index (χ1) is 22.3. The van der Waals surface area contributed by atoms with Crippen LogP contribution in [0.4, 0.5) is 9.93 Å². The number of hydrogen-bond acceptors (Lipinski definition) is 11. The van der Waals surface area contributed by atoms with Crippen LogP contribution in [0.3, 0.4) is 0 Å². The number of aliphatic hydroxyl groups excluding tert-OH is 1. The van der Waals surface area contributed by atoms with Gasteiger partial charge in [0, 0.05) is 18.7 Å². The predicted molar refractivity (Wildman–Crippen MR) is 179 cm³/mol. The third-order valence-electron chi connectivity index (χ3n) is 6.60. The number of nitrogens with two attached hydrogens (primary N) is 2. The maximum atomic E-state index is 12.6. The van der Waals surface area contributed by atoms with E-state index in [1.165, 1.54) is 29.5 Å². The summed E-state index contributed by atoms with van der Waals surface area (Å²) >= 11 is 1.31. The predicted octanol–water partition coefficient (Wildman–Crippen LogP) is 3.10. The molecule has 0 saturated heterocycles. The third kappa shape index (κ3) is 12.5. The van der Waals surface area contributed by atoms with Crippen molar-refractivity contribution in [3.05, 3.63) is 100.0 Å². The van der Waals surface area contributed by atoms with Gasteiger partial charge >= 0.3 is 6.09 Å². The molecule has 0 aliphatic heterocycles. The zero-order chi connectivity index (χ0) is 34.5. The molecule has 9 N–H and O–H groups in total. The largest absolute Gasteiger partial charge is 0.444 e. The van der Waals surface area contributed by atoms with Crippen molar-refractivity contribution in [2.24, 2.45) is 11.5 Å². The highest BCUT2D eigenvalue weighted by Crippen LogP contribution is 2.21. The van der Waals surface area contributed by atoms with Crippen LogP contribution in [0.5, 0.6) is 0 Å². The molecule has 252 valence electrons. The van der Waals surface area contributed by atoms with E-state index in [1.54, 1.807) is 45.0 Å². The van der Waals surface area contributed by atoms with Crippen molar-refractivity contribution in [2.45, 2.75) is 70.6 Å². The van der Waals surface area contributed by atoms with Crippen LogP contribution in [-0.4, -0.2) is 50.5 Å². The summed E-state index contributed by atoms with van der Waals surface area (Å²) in [6, 6.07) is 15.5. The van der Waals surface area contributed by atoms with Crippen LogP contribution in [0.25, 0.3) is 0 Å². The number of carbonyl (C=O) groups is 3. The van der Waals surface area contributed by atoms with Gasteiger partial charge in [0.2, 0.25) is 11.0 Å². The van der Waals surface area contributed by atoms with Crippen LogP contribution in [0.2, 0.25) is 0 Å². The fraction of sp³-hybridized carbons (Fsp3) is 0.364. The molecule has 0 spiro atoms. The molecule has 2 aromatic carbocycles. The van der Waals surface area contributed by atoms with Crippen molar-refractivity contribution in [1.82, 2.24) is 20.8 Å². The summed E-state index contributed by atoms with van der Waals surface area (Å²) in [7, 11) is 0. The molecule has 1 heterocycles. The van der Waals surface area contributed by atoms with E-state index in [1.807, 2.05) is 24.3 Å². The Morgan fingerprint density at radius 2 is 1.70 bits per heavy atom. The van der Waals surface area contributed by atoms with Gasteiger partial charge in [-0.1, -0.05) is 65.9 Å². The van der Waals surface area contributed by atoms with Crippen LogP contribution in [0.15, 0.2) is 78.3 Å². The van der Waals surface area contributed by atoms with E-state index in [4.69, 9.17) is 16.2 Å². The Bertz CT molecular complexity index is 1570. The number of rotatable bonds is 15. The maximum absolute atomic E-state index is 12.6. The molecule has 0 radical (unpaired) electrons. The van der Waals surface area contributed by atoms with Crippen molar-refractivity contribution in [3.63, 3.8) is 0 Å². The second-order valence-electron chi connectivity index (χ2n) is 11.8. The number of aromatic nitrogens is 2. The molecule has 13 nitrogen and oxygen atoms in total. The molecule has 0 saturated carbocycles. The Balaban J connectivity index is 1.39. The number of aryl methyl sites for hydroxylation is 1. The van der Waals surface area contributed by atoms with E-state index in [0.717, 1.165) is 29.0 Å². The highest BCUT2D eigenvalue weighted by atomic mass is 32.1. The lowest BCUT2D eigenvalue weighted by atomic mass is 9.94. The molecule has 3 rings (SSSR count). The van der Waals surface area contributed by atoms with Crippen molar-refractivity contribution in [1.29, 1.82) is 0 Å². The van der Waals surface area contributed by atoms with E-state index in [2.05, 4.69) is 26.1 Å². The van der Waals surface area contributed by atoms with E-state index in [-0.39, 0.29) is 30.3 Å². The highest BCUT2D eigenvalue weighted by molar-refractivity contribution is 7.15. The molecule has 3 aromatic rings. The van der Waals surface area contributed by atoms with Crippen LogP contribution < -0.4 is 27.4 Å². The van der Waals surface area contributed by atoms with Crippen LogP contribution in [0.1, 0.15) is 61.7 Å². The summed E-state index contributed by atoms with van der Waals surface area (Å²) in [5, 5.41) is 37.6. The van der Waals surface area contributed by atoms with E-state index < -0.39 is 29.8 Å². The van der Waals surface area contributed by atoms with Gasteiger partial charge in [0.1, 0.15) is 16.4 Å². The molecule has 0 aliphatic rings. The number of ether oxygens (including phenoxy) is 1. The van der Waals surface area contributed by atoms with Gasteiger partial charge in [-0.3, -0.25) is 9.59 Å². The van der Waals surface area contributed by atoms with Gasteiger partial charge in [-0.2, -0.15) is 0 Å². The Morgan fingerprint density at radius 3 is 2.40 bits per heavy atom. The van der Waals surface area contributed by atoms with Crippen LogP contribution in [0, 0.1) is 0 Å². The molecular formula is C33H43N7O6S. The van der Waals surface area contributed by atoms with Gasteiger partial charge in [0.25, 0.3) is 5.91 Å². The first kappa shape index (κ1) is 36.7. The molecule has 0 aliphatic carbocycles. The van der Waals surface area contributed by atoms with Gasteiger partial charge in [0.05, 0.1) is 13.0 Å². The molecule has 0 bridgehead atoms. The summed E-state index contributed by atoms with van der Waals surface area (Å²) in [5.41, 5.74) is 11.6. The number of hydrogen-bond donors (Lipinski definition) is 7. The molecule has 47 heavy (non-hydrogen) atoms. The average molecular weight is 666 g/mol. The number of unbranched alkanes of at least 4 members (excludes halogenated alkanes) is 1. The number of amides is 3. The smallest absolute Gasteiger partial charge is 0.407 e. The quantitative estimate of drug-likeness (QED) is 0.0930. The van der Waals surface area contributed by atoms with Crippen molar-refractivity contribution in [3.8, 4) is 0 Å². The number of alkyl carbamates (subject to hydrolysis) is 1. The number of anilines is 1. The van der Waals surface area contributed by atoms with Crippen molar-refractivity contribution < 1.29 is 29.3 Å². The number of nitrogens with one attached hydrogen (secondary N) is 3. The second-order valence-corrected chi connectivity index (χ2v) is 12.9. The lowest BCUT2D eigenvalue weighted by Gasteiger charge is -2.25. The molecule has 14 heteroatoms. The zero-order valence-electron chi connectivity index (χ0n) is 26.8. The number of aliphatic hydroxyl groups is 2. The molecule has 3 amide bonds. The van der Waals surface area contributed by atoms with E-state index in [0.29, 0.717) is 23.7 Å². The van der Waals surface area contributed by atoms with Crippen LogP contribution in [-0.2, 0) is 39.3 Å². The first-order valence-corrected chi connectivity index (χ1v) is 15.9. The molecule has 1 atom stereocenters. The zero-order valence-corrected chi connectivity index (χ0v) is 27.6. The van der Waals surface area contributed by atoms with Crippen molar-refractivity contribution in [2.75, 3.05) is 11.9 Å². The standard InChI is InChI=1S/C33H43N7O6S/c1-32(2,3)46-31(44)36-20-23-11-9-10-22(18-23)19-27(42)38-30-40-39-28(47-30)15-8-7-14-25(34)16-17-26(35)37-29(43)33(45,21-41)24-12-5-4-6-13-24/h4-6,9-13,16-18,41,45H,7-8,14-15,19-21,34-35H2,1-3H3,(H,36,44)(H,37,43)(H,38,40,42)/b25-16-,26-17+. The van der Waals surface area contributed by atoms with E-state index >= 15 is 0 Å². The van der Waals surface area contributed by atoms with E-state index in [9.17, 15) is 24.6 Å². The lowest BCUT2D eigenvalue weighted by molar-refractivity contribution is -0.144. The SMILES string of the molecule is CC(C)(C)OC(=O)NCc1cccc(CC(=O)Nc2nnc(CCCC/C(N)=C/C=C(\N)NC(=O)C(O)(CO)c3ccccc3)s2)c1. The Labute approximate surface area is 278 Å². The number of benzene rings is 2. The second kappa shape index (κ2) is 17.2. The average Bonchev–Trinajstić information content (AvgIpc) is 3.47. The maximum Gasteiger partial charge on any atom is 0.407 e. The summed E-state index contributed by atoms with van der Waals surface area (Å²) in [5.74, 6) is -1.13. The third-order valence-corrected chi connectivity index (χ3v) is 7.50. The monoisotopic (exact) mass is 665 g/mol. The minimum absolute atomic E-state index is 0.0351. The Hall–Kier alpha value is -4.79. The molecule has 1 unspecified atom stereocenters. The summed E-state index contributed by atoms with van der Waals surface area (Å²) in [4.78, 5) is 37.1. The minimum Gasteiger partial charge on any atom is -0.444 e. The van der Waals surface area contributed by atoms with Crippen molar-refractivity contribution >= 4 is 34.4 Å². The summed E-state index contributed by atoms with van der Waals surface area (Å²) < 4.78 is 5.25. The Kier molecular flexibility index (Phi) is 13.4. The first-order valence-electron chi connectivity index (χ1n) is 15.1. The van der Waals surface area contributed by atoms with Gasteiger partial charge in [-0.15, -0.1) is 10.2 Å². The van der Waals surface area contributed by atoms with Gasteiger partial charge < -0.3 is 42.4 Å². The van der Waals surface area contributed by atoms with Gasteiger partial charge in [-0.25, -0.2) is 4.79 Å². The topological polar surface area (TPSA) is 215 Å². The summed E-state index contributed by atoms with van der Waals surface area (Å²) in [6.45, 7) is 4.85. The number of allylic oxidation sites excluding steroid dienone is 3. The van der Waals surface area contributed by atoms with Crippen LogP contribution >= 0.6 is 11.3 Å². The number of nitrogens with zero attached hydrogens (tertiary/aromatic N) is 2. The molecule has 1 aromatic heterocycles. The van der Waals surface area contributed by atoms with Gasteiger partial charge in [-0.05, 0) is 68.9 Å². The fourth-order valence-electron chi connectivity index (χ4n) is 4.26.